The van der Waals surface area contributed by atoms with E-state index in [9.17, 15) is 9.59 Å². The maximum absolute atomic E-state index is 12.3. The maximum Gasteiger partial charge on any atom is 0.320 e. The lowest BCUT2D eigenvalue weighted by Gasteiger charge is -2.25. The maximum atomic E-state index is 12.3. The van der Waals surface area contributed by atoms with Gasteiger partial charge in [-0.25, -0.2) is 0 Å². The Bertz CT molecular complexity index is 323. The Balaban J connectivity index is 2.48. The Kier molecular flexibility index (Phi) is 7.95. The van der Waals surface area contributed by atoms with Crippen LogP contribution >= 0.6 is 0 Å². The molecule has 1 aliphatic rings. The molecule has 5 heteroatoms. The molecule has 1 saturated heterocycles. The molecule has 114 valence electrons. The van der Waals surface area contributed by atoms with Crippen LogP contribution in [0.5, 0.6) is 0 Å². The molecule has 20 heavy (non-hydrogen) atoms. The molecule has 5 nitrogen and oxygen atoms in total. The molecule has 1 fully saturated rings. The van der Waals surface area contributed by atoms with Crippen LogP contribution in [0.15, 0.2) is 12.7 Å². The third-order valence-corrected chi connectivity index (χ3v) is 3.36. The number of carbonyl (C=O) groups is 2. The van der Waals surface area contributed by atoms with Gasteiger partial charge in [-0.15, -0.1) is 6.58 Å². The van der Waals surface area contributed by atoms with Crippen LogP contribution in [0.2, 0.25) is 0 Å². The molecule has 1 heterocycles. The Morgan fingerprint density at radius 3 is 2.40 bits per heavy atom. The molecule has 0 saturated carbocycles. The Morgan fingerprint density at radius 2 is 1.85 bits per heavy atom. The fraction of sp³-hybridized carbons (Fsp3) is 0.733. The fourth-order valence-electron chi connectivity index (χ4n) is 2.37. The van der Waals surface area contributed by atoms with Crippen molar-refractivity contribution < 1.29 is 14.3 Å². The minimum Gasteiger partial charge on any atom is -0.465 e. The number of carbonyl (C=O) groups excluding carboxylic acids is 2. The van der Waals surface area contributed by atoms with E-state index < -0.39 is 0 Å². The number of amides is 1. The van der Waals surface area contributed by atoms with E-state index in [4.69, 9.17) is 4.74 Å². The summed E-state index contributed by atoms with van der Waals surface area (Å²) in [7, 11) is 0. The van der Waals surface area contributed by atoms with Crippen LogP contribution in [0, 0.1) is 0 Å². The van der Waals surface area contributed by atoms with Crippen LogP contribution < -0.4 is 0 Å². The van der Waals surface area contributed by atoms with Crippen LogP contribution in [0.4, 0.5) is 0 Å². The van der Waals surface area contributed by atoms with Crippen molar-refractivity contribution >= 4 is 11.9 Å². The number of ether oxygens (including phenoxy) is 1. The van der Waals surface area contributed by atoms with E-state index in [2.05, 4.69) is 6.58 Å². The van der Waals surface area contributed by atoms with Gasteiger partial charge in [0.15, 0.2) is 0 Å². The predicted molar refractivity (Wildman–Crippen MR) is 78.3 cm³/mol. The van der Waals surface area contributed by atoms with Crippen molar-refractivity contribution in [2.75, 3.05) is 39.3 Å². The van der Waals surface area contributed by atoms with Crippen LogP contribution in [-0.2, 0) is 14.3 Å². The van der Waals surface area contributed by atoms with Gasteiger partial charge in [-0.2, -0.15) is 0 Å². The summed E-state index contributed by atoms with van der Waals surface area (Å²) in [6.07, 6.45) is 6.25. The van der Waals surface area contributed by atoms with Gasteiger partial charge in [-0.05, 0) is 19.8 Å². The Hall–Kier alpha value is -1.36. The van der Waals surface area contributed by atoms with Gasteiger partial charge in [-0.1, -0.05) is 18.9 Å². The Morgan fingerprint density at radius 1 is 1.20 bits per heavy atom. The van der Waals surface area contributed by atoms with Crippen LogP contribution in [0.1, 0.15) is 32.6 Å². The first-order valence-electron chi connectivity index (χ1n) is 7.44. The molecule has 0 radical (unpaired) electrons. The van der Waals surface area contributed by atoms with Crippen LogP contribution in [0.3, 0.4) is 0 Å². The highest BCUT2D eigenvalue weighted by Crippen LogP contribution is 2.10. The molecule has 0 aromatic rings. The lowest BCUT2D eigenvalue weighted by Crippen LogP contribution is -2.42. The second kappa shape index (κ2) is 9.53. The molecule has 0 aliphatic carbocycles. The minimum absolute atomic E-state index is 0.0954. The molecule has 1 aliphatic heterocycles. The third-order valence-electron chi connectivity index (χ3n) is 3.36. The van der Waals surface area contributed by atoms with E-state index in [0.29, 0.717) is 13.2 Å². The largest absolute Gasteiger partial charge is 0.465 e. The van der Waals surface area contributed by atoms with E-state index in [1.807, 2.05) is 4.90 Å². The molecular weight excluding hydrogens is 256 g/mol. The summed E-state index contributed by atoms with van der Waals surface area (Å²) in [4.78, 5) is 27.5. The standard InChI is InChI=1S/C15H26N2O3/c1-3-9-16(13-15(19)20-4-2)12-14(18)17-10-7-5-6-8-11-17/h3H,1,4-13H2,2H3. The van der Waals surface area contributed by atoms with Gasteiger partial charge in [0.05, 0.1) is 19.7 Å². The van der Waals surface area contributed by atoms with Gasteiger partial charge in [-0.3, -0.25) is 14.5 Å². The number of hydrogen-bond acceptors (Lipinski definition) is 4. The van der Waals surface area contributed by atoms with Crippen molar-refractivity contribution in [3.05, 3.63) is 12.7 Å². The first-order valence-corrected chi connectivity index (χ1v) is 7.44. The van der Waals surface area contributed by atoms with Gasteiger partial charge in [0.2, 0.25) is 5.91 Å². The van der Waals surface area contributed by atoms with Crippen molar-refractivity contribution in [3.63, 3.8) is 0 Å². The predicted octanol–water partition coefficient (Wildman–Crippen LogP) is 1.44. The van der Waals surface area contributed by atoms with Crippen molar-refractivity contribution in [1.29, 1.82) is 0 Å². The highest BCUT2D eigenvalue weighted by Gasteiger charge is 2.19. The molecule has 0 unspecified atom stereocenters. The summed E-state index contributed by atoms with van der Waals surface area (Å²) < 4.78 is 4.93. The van der Waals surface area contributed by atoms with Gasteiger partial charge in [0, 0.05) is 19.6 Å². The van der Waals surface area contributed by atoms with E-state index in [1.165, 1.54) is 12.8 Å². The molecular formula is C15H26N2O3. The highest BCUT2D eigenvalue weighted by atomic mass is 16.5. The lowest BCUT2D eigenvalue weighted by molar-refractivity contribution is -0.145. The number of esters is 1. The fourth-order valence-corrected chi connectivity index (χ4v) is 2.37. The van der Waals surface area contributed by atoms with E-state index in [0.717, 1.165) is 25.9 Å². The zero-order valence-electron chi connectivity index (χ0n) is 12.5. The third kappa shape index (κ3) is 6.19. The summed E-state index contributed by atoms with van der Waals surface area (Å²) in [6.45, 7) is 8.38. The van der Waals surface area contributed by atoms with Crippen molar-refractivity contribution in [1.82, 2.24) is 9.80 Å². The van der Waals surface area contributed by atoms with E-state index in [-0.39, 0.29) is 25.0 Å². The quantitative estimate of drug-likeness (QED) is 0.524. The summed E-state index contributed by atoms with van der Waals surface area (Å²) in [6, 6.07) is 0. The average molecular weight is 282 g/mol. The zero-order chi connectivity index (χ0) is 14.8. The Labute approximate surface area is 121 Å². The van der Waals surface area contributed by atoms with Gasteiger partial charge in [0.1, 0.15) is 0 Å². The molecule has 0 spiro atoms. The first-order chi connectivity index (χ1) is 9.67. The summed E-state index contributed by atoms with van der Waals surface area (Å²) in [5.41, 5.74) is 0. The lowest BCUT2D eigenvalue weighted by atomic mass is 10.2. The van der Waals surface area contributed by atoms with Gasteiger partial charge >= 0.3 is 5.97 Å². The number of likely N-dealkylation sites (tertiary alicyclic amines) is 1. The first kappa shape index (κ1) is 16.7. The zero-order valence-corrected chi connectivity index (χ0v) is 12.5. The molecule has 0 N–H and O–H groups in total. The molecule has 0 atom stereocenters. The second-order valence-electron chi connectivity index (χ2n) is 5.06. The molecule has 1 amide bonds. The van der Waals surface area contributed by atoms with Crippen LogP contribution in [-0.4, -0.2) is 61.0 Å². The monoisotopic (exact) mass is 282 g/mol. The van der Waals surface area contributed by atoms with Crippen molar-refractivity contribution in [3.8, 4) is 0 Å². The van der Waals surface area contributed by atoms with Crippen molar-refractivity contribution in [2.24, 2.45) is 0 Å². The minimum atomic E-state index is -0.294. The van der Waals surface area contributed by atoms with E-state index >= 15 is 0 Å². The molecule has 0 aromatic heterocycles. The van der Waals surface area contributed by atoms with Crippen molar-refractivity contribution in [2.45, 2.75) is 32.6 Å². The van der Waals surface area contributed by atoms with Crippen LogP contribution in [0.25, 0.3) is 0 Å². The summed E-state index contributed by atoms with van der Waals surface area (Å²) >= 11 is 0. The van der Waals surface area contributed by atoms with Gasteiger partial charge < -0.3 is 9.64 Å². The number of rotatable bonds is 7. The normalized spacial score (nSPS) is 15.8. The molecule has 1 rings (SSSR count). The van der Waals surface area contributed by atoms with Gasteiger partial charge in [0.25, 0.3) is 0 Å². The molecule has 0 bridgehead atoms. The topological polar surface area (TPSA) is 49.9 Å². The highest BCUT2D eigenvalue weighted by molar-refractivity contribution is 5.79. The molecule has 0 aromatic carbocycles. The smallest absolute Gasteiger partial charge is 0.320 e. The average Bonchev–Trinajstić information content (AvgIpc) is 2.68. The van der Waals surface area contributed by atoms with E-state index in [1.54, 1.807) is 17.9 Å². The number of nitrogens with zero attached hydrogens (tertiary/aromatic N) is 2. The summed E-state index contributed by atoms with van der Waals surface area (Å²) in [5, 5.41) is 0. The number of hydrogen-bond donors (Lipinski definition) is 0. The summed E-state index contributed by atoms with van der Waals surface area (Å²) in [5.74, 6) is -0.198. The SMILES string of the molecule is C=CCN(CC(=O)OCC)CC(=O)N1CCCCCC1. The second-order valence-corrected chi connectivity index (χ2v) is 5.06.